The Labute approximate surface area is 85.2 Å². The first-order valence-corrected chi connectivity index (χ1v) is 4.65. The van der Waals surface area contributed by atoms with E-state index in [0.29, 0.717) is 0 Å². The van der Waals surface area contributed by atoms with Gasteiger partial charge in [0.2, 0.25) is 0 Å². The largest absolute Gasteiger partial charge is 0.497 e. The van der Waals surface area contributed by atoms with Gasteiger partial charge in [-0.3, -0.25) is 0 Å². The number of nitrogens with zero attached hydrogens (tertiary/aromatic N) is 1. The summed E-state index contributed by atoms with van der Waals surface area (Å²) in [5.41, 5.74) is 1.10. The first kappa shape index (κ1) is 10.7. The fourth-order valence-electron chi connectivity index (χ4n) is 1.20. The highest BCUT2D eigenvalue weighted by atomic mass is 16.5. The van der Waals surface area contributed by atoms with Crippen molar-refractivity contribution in [1.82, 2.24) is 0 Å². The highest BCUT2D eigenvalue weighted by Crippen LogP contribution is 2.27. The summed E-state index contributed by atoms with van der Waals surface area (Å²) in [5.74, 6) is 1.64. The molecule has 1 aromatic rings. The van der Waals surface area contributed by atoms with Crippen LogP contribution in [0.4, 0.5) is 5.69 Å². The maximum absolute atomic E-state index is 5.19. The van der Waals surface area contributed by atoms with Crippen LogP contribution in [0.2, 0.25) is 0 Å². The van der Waals surface area contributed by atoms with Gasteiger partial charge in [-0.05, 0) is 6.92 Å². The Balaban J connectivity index is 3.04. The quantitative estimate of drug-likeness (QED) is 0.735. The van der Waals surface area contributed by atoms with E-state index in [1.165, 1.54) is 0 Å². The van der Waals surface area contributed by atoms with E-state index in [-0.39, 0.29) is 0 Å². The Morgan fingerprint density at radius 3 is 1.93 bits per heavy atom. The molecule has 0 aliphatic carbocycles. The Morgan fingerprint density at radius 1 is 1.07 bits per heavy atom. The van der Waals surface area contributed by atoms with Crippen molar-refractivity contribution in [2.24, 2.45) is 0 Å². The molecule has 0 unspecified atom stereocenters. The van der Waals surface area contributed by atoms with Gasteiger partial charge >= 0.3 is 0 Å². The van der Waals surface area contributed by atoms with E-state index in [4.69, 9.17) is 9.47 Å². The summed E-state index contributed by atoms with van der Waals surface area (Å²) in [5, 5.41) is 0. The van der Waals surface area contributed by atoms with Crippen molar-refractivity contribution in [2.75, 3.05) is 32.7 Å². The van der Waals surface area contributed by atoms with Crippen molar-refractivity contribution >= 4 is 5.69 Å². The van der Waals surface area contributed by atoms with Crippen molar-refractivity contribution in [3.8, 4) is 11.5 Å². The molecule has 0 N–H and O–H groups in total. The number of anilines is 1. The van der Waals surface area contributed by atoms with Crippen molar-refractivity contribution < 1.29 is 9.47 Å². The van der Waals surface area contributed by atoms with Crippen LogP contribution in [0.3, 0.4) is 0 Å². The molecular weight excluding hydrogens is 178 g/mol. The molecule has 0 saturated carbocycles. The average Bonchev–Trinajstić information content (AvgIpc) is 2.27. The lowest BCUT2D eigenvalue weighted by Gasteiger charge is -2.18. The molecule has 0 aromatic heterocycles. The van der Waals surface area contributed by atoms with E-state index in [2.05, 4.69) is 11.8 Å². The summed E-state index contributed by atoms with van der Waals surface area (Å²) in [6.45, 7) is 3.06. The predicted octanol–water partition coefficient (Wildman–Crippen LogP) is 2.16. The molecule has 0 fully saturated rings. The van der Waals surface area contributed by atoms with Crippen molar-refractivity contribution in [2.45, 2.75) is 6.92 Å². The Kier molecular flexibility index (Phi) is 3.63. The van der Waals surface area contributed by atoms with Crippen LogP contribution in [-0.2, 0) is 0 Å². The van der Waals surface area contributed by atoms with Gasteiger partial charge in [-0.15, -0.1) is 0 Å². The number of hydrogen-bond acceptors (Lipinski definition) is 3. The third-order valence-corrected chi connectivity index (χ3v) is 2.25. The molecule has 0 aliphatic rings. The fraction of sp³-hybridized carbons (Fsp3) is 0.455. The SMILES string of the molecule is CCN(C)c1cc(OC)cc(OC)c1. The van der Waals surface area contributed by atoms with Crippen LogP contribution in [0.5, 0.6) is 11.5 Å². The summed E-state index contributed by atoms with van der Waals surface area (Å²) in [4.78, 5) is 2.13. The second-order valence-electron chi connectivity index (χ2n) is 3.09. The smallest absolute Gasteiger partial charge is 0.124 e. The van der Waals surface area contributed by atoms with Crippen LogP contribution >= 0.6 is 0 Å². The van der Waals surface area contributed by atoms with Gasteiger partial charge in [0.05, 0.1) is 14.2 Å². The fourth-order valence-corrected chi connectivity index (χ4v) is 1.20. The molecule has 0 saturated heterocycles. The van der Waals surface area contributed by atoms with Crippen LogP contribution in [0.1, 0.15) is 6.92 Å². The van der Waals surface area contributed by atoms with Gasteiger partial charge in [0.25, 0.3) is 0 Å². The average molecular weight is 195 g/mol. The van der Waals surface area contributed by atoms with Crippen LogP contribution in [0, 0.1) is 0 Å². The van der Waals surface area contributed by atoms with Crippen LogP contribution in [0.25, 0.3) is 0 Å². The number of hydrogen-bond donors (Lipinski definition) is 0. The van der Waals surface area contributed by atoms with Gasteiger partial charge in [0, 0.05) is 37.5 Å². The van der Waals surface area contributed by atoms with Gasteiger partial charge in [-0.25, -0.2) is 0 Å². The lowest BCUT2D eigenvalue weighted by molar-refractivity contribution is 0.394. The standard InChI is InChI=1S/C11H17NO2/c1-5-12(2)9-6-10(13-3)8-11(7-9)14-4/h6-8H,5H2,1-4H3. The molecule has 0 heterocycles. The lowest BCUT2D eigenvalue weighted by atomic mass is 10.2. The van der Waals surface area contributed by atoms with Gasteiger partial charge in [0.15, 0.2) is 0 Å². The highest BCUT2D eigenvalue weighted by molar-refractivity contribution is 5.55. The lowest BCUT2D eigenvalue weighted by Crippen LogP contribution is -2.15. The van der Waals surface area contributed by atoms with Gasteiger partial charge < -0.3 is 14.4 Å². The molecule has 0 amide bonds. The molecule has 14 heavy (non-hydrogen) atoms. The summed E-state index contributed by atoms with van der Waals surface area (Å²) in [7, 11) is 5.35. The summed E-state index contributed by atoms with van der Waals surface area (Å²) < 4.78 is 10.4. The zero-order chi connectivity index (χ0) is 10.6. The van der Waals surface area contributed by atoms with E-state index >= 15 is 0 Å². The Bertz CT molecular complexity index is 277. The Morgan fingerprint density at radius 2 is 1.57 bits per heavy atom. The van der Waals surface area contributed by atoms with Gasteiger partial charge in [-0.2, -0.15) is 0 Å². The van der Waals surface area contributed by atoms with Crippen LogP contribution in [0.15, 0.2) is 18.2 Å². The molecule has 1 aromatic carbocycles. The molecule has 3 nitrogen and oxygen atoms in total. The molecule has 0 aliphatic heterocycles. The highest BCUT2D eigenvalue weighted by Gasteiger charge is 2.04. The minimum absolute atomic E-state index is 0.819. The third kappa shape index (κ3) is 2.31. The second-order valence-corrected chi connectivity index (χ2v) is 3.09. The minimum Gasteiger partial charge on any atom is -0.497 e. The predicted molar refractivity (Wildman–Crippen MR) is 58.5 cm³/mol. The third-order valence-electron chi connectivity index (χ3n) is 2.25. The number of benzene rings is 1. The first-order valence-electron chi connectivity index (χ1n) is 4.65. The molecule has 0 radical (unpaired) electrons. The zero-order valence-corrected chi connectivity index (χ0v) is 9.20. The zero-order valence-electron chi connectivity index (χ0n) is 9.20. The first-order chi connectivity index (χ1) is 6.71. The maximum atomic E-state index is 5.19. The van der Waals surface area contributed by atoms with E-state index in [9.17, 15) is 0 Å². The van der Waals surface area contributed by atoms with Gasteiger partial charge in [0.1, 0.15) is 11.5 Å². The molecule has 1 rings (SSSR count). The van der Waals surface area contributed by atoms with Crippen LogP contribution < -0.4 is 14.4 Å². The second kappa shape index (κ2) is 4.74. The van der Waals surface area contributed by atoms with E-state index in [1.54, 1.807) is 14.2 Å². The van der Waals surface area contributed by atoms with E-state index < -0.39 is 0 Å². The molecule has 0 atom stereocenters. The summed E-state index contributed by atoms with van der Waals surface area (Å²) in [6, 6.07) is 5.85. The van der Waals surface area contributed by atoms with E-state index in [0.717, 1.165) is 23.7 Å². The maximum Gasteiger partial charge on any atom is 0.124 e. The van der Waals surface area contributed by atoms with Crippen molar-refractivity contribution in [1.29, 1.82) is 0 Å². The summed E-state index contributed by atoms with van der Waals surface area (Å²) in [6.07, 6.45) is 0. The monoisotopic (exact) mass is 195 g/mol. The molecule has 78 valence electrons. The van der Waals surface area contributed by atoms with Crippen LogP contribution in [-0.4, -0.2) is 27.8 Å². The van der Waals surface area contributed by atoms with Crippen molar-refractivity contribution in [3.05, 3.63) is 18.2 Å². The van der Waals surface area contributed by atoms with Crippen molar-refractivity contribution in [3.63, 3.8) is 0 Å². The molecule has 0 spiro atoms. The summed E-state index contributed by atoms with van der Waals surface area (Å²) >= 11 is 0. The van der Waals surface area contributed by atoms with Gasteiger partial charge in [-0.1, -0.05) is 0 Å². The molecule has 3 heteroatoms. The molecule has 0 bridgehead atoms. The normalized spacial score (nSPS) is 9.71. The minimum atomic E-state index is 0.819. The number of methoxy groups -OCH3 is 2. The topological polar surface area (TPSA) is 21.7 Å². The number of rotatable bonds is 4. The number of ether oxygens (including phenoxy) is 2. The Hall–Kier alpha value is -1.38. The van der Waals surface area contributed by atoms with E-state index in [1.807, 2.05) is 25.2 Å². The molecular formula is C11H17NO2.